The van der Waals surface area contributed by atoms with Gasteiger partial charge in [-0.2, -0.15) is 5.26 Å². The molecule has 6 heteroatoms. The summed E-state index contributed by atoms with van der Waals surface area (Å²) in [5, 5.41) is 8.65. The van der Waals surface area contributed by atoms with Gasteiger partial charge in [0, 0.05) is 5.54 Å². The molecule has 0 aliphatic rings. The van der Waals surface area contributed by atoms with Crippen LogP contribution in [0.1, 0.15) is 19.4 Å². The number of nitrogens with two attached hydrogens (primary N) is 1. The monoisotopic (exact) mass is 282 g/mol. The zero-order valence-corrected chi connectivity index (χ0v) is 11.9. The van der Waals surface area contributed by atoms with Gasteiger partial charge in [-0.15, -0.1) is 0 Å². The Balaban J connectivity index is 2.59. The molecule has 0 fully saturated rings. The highest BCUT2D eigenvalue weighted by Gasteiger charge is 2.16. The first-order chi connectivity index (χ1) is 8.74. The van der Waals surface area contributed by atoms with Crippen LogP contribution in [0, 0.1) is 11.3 Å². The Hall–Kier alpha value is -1.42. The number of nitrogens with zero attached hydrogens (tertiary/aromatic N) is 1. The highest BCUT2D eigenvalue weighted by atomic mass is 32.2. The summed E-state index contributed by atoms with van der Waals surface area (Å²) in [6.07, 6.45) is 0. The van der Waals surface area contributed by atoms with Crippen molar-refractivity contribution in [3.8, 4) is 6.07 Å². The van der Waals surface area contributed by atoms with Crippen LogP contribution in [0.25, 0.3) is 0 Å². The van der Waals surface area contributed by atoms with Crippen LogP contribution in [0.4, 0.5) is 0 Å². The van der Waals surface area contributed by atoms with Crippen molar-refractivity contribution in [1.82, 2.24) is 0 Å². The maximum atomic E-state index is 12.0. The SMILES string of the molecule is CC(C)(N)COCCS(=O)(=O)c1ccc(C#N)cc1. The van der Waals surface area contributed by atoms with Crippen LogP contribution in [0.15, 0.2) is 29.2 Å². The molecule has 1 aromatic rings. The largest absolute Gasteiger partial charge is 0.378 e. The van der Waals surface area contributed by atoms with Gasteiger partial charge in [0.2, 0.25) is 0 Å². The van der Waals surface area contributed by atoms with E-state index in [0.717, 1.165) is 0 Å². The van der Waals surface area contributed by atoms with E-state index in [-0.39, 0.29) is 17.3 Å². The van der Waals surface area contributed by atoms with Crippen LogP contribution >= 0.6 is 0 Å². The van der Waals surface area contributed by atoms with Crippen molar-refractivity contribution in [3.05, 3.63) is 29.8 Å². The van der Waals surface area contributed by atoms with E-state index >= 15 is 0 Å². The number of hydrogen-bond donors (Lipinski definition) is 1. The molecule has 0 heterocycles. The Morgan fingerprint density at radius 3 is 2.37 bits per heavy atom. The summed E-state index contributed by atoms with van der Waals surface area (Å²) in [4.78, 5) is 0.196. The molecule has 104 valence electrons. The summed E-state index contributed by atoms with van der Waals surface area (Å²) in [5.41, 5.74) is 5.68. The van der Waals surface area contributed by atoms with Crippen molar-refractivity contribution in [2.45, 2.75) is 24.3 Å². The lowest BCUT2D eigenvalue weighted by Crippen LogP contribution is -2.37. The minimum Gasteiger partial charge on any atom is -0.378 e. The zero-order valence-electron chi connectivity index (χ0n) is 11.1. The van der Waals surface area contributed by atoms with E-state index in [2.05, 4.69) is 0 Å². The third-order valence-electron chi connectivity index (χ3n) is 2.31. The third kappa shape index (κ3) is 5.39. The molecule has 19 heavy (non-hydrogen) atoms. The standard InChI is InChI=1S/C13H18N2O3S/c1-13(2,15)10-18-7-8-19(16,17)12-5-3-11(9-14)4-6-12/h3-6H,7-8,10,15H2,1-2H3. The van der Waals surface area contributed by atoms with Gasteiger partial charge in [0.15, 0.2) is 9.84 Å². The van der Waals surface area contributed by atoms with Crippen molar-refractivity contribution in [2.24, 2.45) is 5.73 Å². The quantitative estimate of drug-likeness (QED) is 0.788. The van der Waals surface area contributed by atoms with E-state index in [0.29, 0.717) is 12.2 Å². The normalized spacial score (nSPS) is 12.1. The summed E-state index contributed by atoms with van der Waals surface area (Å²) in [6, 6.07) is 7.77. The second kappa shape index (κ2) is 6.15. The molecule has 1 rings (SSSR count). The van der Waals surface area contributed by atoms with E-state index < -0.39 is 15.4 Å². The summed E-state index contributed by atoms with van der Waals surface area (Å²) >= 11 is 0. The molecule has 0 saturated carbocycles. The number of ether oxygens (including phenoxy) is 1. The van der Waals surface area contributed by atoms with E-state index in [4.69, 9.17) is 15.7 Å². The van der Waals surface area contributed by atoms with Crippen molar-refractivity contribution >= 4 is 9.84 Å². The fourth-order valence-electron chi connectivity index (χ4n) is 1.36. The molecule has 0 unspecified atom stereocenters. The fourth-order valence-corrected chi connectivity index (χ4v) is 2.48. The first-order valence-corrected chi connectivity index (χ1v) is 7.49. The van der Waals surface area contributed by atoms with Gasteiger partial charge in [-0.05, 0) is 38.1 Å². The van der Waals surface area contributed by atoms with Gasteiger partial charge >= 0.3 is 0 Å². The Morgan fingerprint density at radius 2 is 1.89 bits per heavy atom. The van der Waals surface area contributed by atoms with Gasteiger partial charge in [-0.25, -0.2) is 8.42 Å². The molecule has 2 N–H and O–H groups in total. The second-order valence-electron chi connectivity index (χ2n) is 5.00. The van der Waals surface area contributed by atoms with Gasteiger partial charge in [-0.1, -0.05) is 0 Å². The molecular formula is C13H18N2O3S. The molecule has 0 bridgehead atoms. The number of hydrogen-bond acceptors (Lipinski definition) is 5. The summed E-state index contributed by atoms with van der Waals surface area (Å²) < 4.78 is 29.2. The number of sulfone groups is 1. The number of nitriles is 1. The van der Waals surface area contributed by atoms with E-state index in [1.807, 2.05) is 19.9 Å². The first kappa shape index (κ1) is 15.6. The summed E-state index contributed by atoms with van der Waals surface area (Å²) in [7, 11) is -3.38. The molecule has 5 nitrogen and oxygen atoms in total. The maximum Gasteiger partial charge on any atom is 0.180 e. The van der Waals surface area contributed by atoms with Crippen molar-refractivity contribution in [3.63, 3.8) is 0 Å². The Labute approximate surface area is 113 Å². The van der Waals surface area contributed by atoms with Crippen molar-refractivity contribution < 1.29 is 13.2 Å². The van der Waals surface area contributed by atoms with E-state index in [9.17, 15) is 8.42 Å². The van der Waals surface area contributed by atoms with Crippen molar-refractivity contribution in [2.75, 3.05) is 19.0 Å². The fraction of sp³-hybridized carbons (Fsp3) is 0.462. The predicted octanol–water partition coefficient (Wildman–Crippen LogP) is 1.09. The predicted molar refractivity (Wildman–Crippen MR) is 72.3 cm³/mol. The van der Waals surface area contributed by atoms with E-state index in [1.54, 1.807) is 0 Å². The van der Waals surface area contributed by atoms with Gasteiger partial charge in [0.1, 0.15) is 0 Å². The molecule has 0 aliphatic heterocycles. The van der Waals surface area contributed by atoms with Crippen LogP contribution in [-0.2, 0) is 14.6 Å². The van der Waals surface area contributed by atoms with Crippen molar-refractivity contribution in [1.29, 1.82) is 5.26 Å². The average molecular weight is 282 g/mol. The van der Waals surface area contributed by atoms with E-state index in [1.165, 1.54) is 24.3 Å². The highest BCUT2D eigenvalue weighted by molar-refractivity contribution is 7.91. The topological polar surface area (TPSA) is 93.2 Å². The van der Waals surface area contributed by atoms with Crippen LogP contribution < -0.4 is 5.73 Å². The van der Waals surface area contributed by atoms with Gasteiger partial charge in [0.25, 0.3) is 0 Å². The lowest BCUT2D eigenvalue weighted by atomic mass is 10.1. The Kier molecular flexibility index (Phi) is 5.06. The summed E-state index contributed by atoms with van der Waals surface area (Å²) in [6.45, 7) is 4.02. The molecule has 0 radical (unpaired) electrons. The summed E-state index contributed by atoms with van der Waals surface area (Å²) in [5.74, 6) is -0.102. The van der Waals surface area contributed by atoms with Gasteiger partial charge in [-0.3, -0.25) is 0 Å². The molecule has 0 aliphatic carbocycles. The number of benzene rings is 1. The van der Waals surface area contributed by atoms with Crippen LogP contribution in [0.3, 0.4) is 0 Å². The Bertz CT molecular complexity index is 551. The molecule has 0 saturated heterocycles. The molecule has 0 spiro atoms. The minimum atomic E-state index is -3.38. The molecule has 1 aromatic carbocycles. The zero-order chi connectivity index (χ0) is 14.5. The van der Waals surface area contributed by atoms with Crippen LogP contribution in [-0.4, -0.2) is 32.9 Å². The second-order valence-corrected chi connectivity index (χ2v) is 7.11. The third-order valence-corrected chi connectivity index (χ3v) is 4.01. The lowest BCUT2D eigenvalue weighted by molar-refractivity contribution is 0.109. The van der Waals surface area contributed by atoms with Crippen LogP contribution in [0.2, 0.25) is 0 Å². The molecule has 0 aromatic heterocycles. The van der Waals surface area contributed by atoms with Gasteiger partial charge < -0.3 is 10.5 Å². The highest BCUT2D eigenvalue weighted by Crippen LogP contribution is 2.12. The van der Waals surface area contributed by atoms with Crippen LogP contribution in [0.5, 0.6) is 0 Å². The van der Waals surface area contributed by atoms with Gasteiger partial charge in [0.05, 0.1) is 35.5 Å². The maximum absolute atomic E-state index is 12.0. The molecule has 0 atom stereocenters. The minimum absolute atomic E-state index is 0.100. The molecular weight excluding hydrogens is 264 g/mol. The smallest absolute Gasteiger partial charge is 0.180 e. The first-order valence-electron chi connectivity index (χ1n) is 5.84. The average Bonchev–Trinajstić information content (AvgIpc) is 2.34. The Morgan fingerprint density at radius 1 is 1.32 bits per heavy atom. The number of rotatable bonds is 6. The lowest BCUT2D eigenvalue weighted by Gasteiger charge is -2.18. The molecule has 0 amide bonds.